The molecule has 2 nitrogen and oxygen atoms in total. The molecule has 0 unspecified atom stereocenters. The SMILES string of the molecule is CCC(CC)CNCc1cccn1CC. The fourth-order valence-corrected chi connectivity index (χ4v) is 1.90. The van der Waals surface area contributed by atoms with E-state index < -0.39 is 0 Å². The lowest BCUT2D eigenvalue weighted by atomic mass is 10.0. The molecule has 1 aromatic rings. The third kappa shape index (κ3) is 3.71. The smallest absolute Gasteiger partial charge is 0.0359 e. The molecule has 2 heteroatoms. The molecule has 1 rings (SSSR count). The second-order valence-corrected chi connectivity index (χ2v) is 4.10. The summed E-state index contributed by atoms with van der Waals surface area (Å²) in [6.07, 6.45) is 4.70. The van der Waals surface area contributed by atoms with E-state index in [-0.39, 0.29) is 0 Å². The molecule has 15 heavy (non-hydrogen) atoms. The summed E-state index contributed by atoms with van der Waals surface area (Å²) < 4.78 is 2.29. The van der Waals surface area contributed by atoms with Crippen LogP contribution < -0.4 is 5.32 Å². The highest BCUT2D eigenvalue weighted by Crippen LogP contribution is 2.06. The van der Waals surface area contributed by atoms with Gasteiger partial charge in [0.15, 0.2) is 0 Å². The number of hydrogen-bond acceptors (Lipinski definition) is 1. The number of aromatic nitrogens is 1. The summed E-state index contributed by atoms with van der Waals surface area (Å²) in [5.74, 6) is 0.829. The van der Waals surface area contributed by atoms with E-state index in [2.05, 4.69) is 49.0 Å². The number of aryl methyl sites for hydroxylation is 1. The normalized spacial score (nSPS) is 11.2. The van der Waals surface area contributed by atoms with Crippen LogP contribution in [0.4, 0.5) is 0 Å². The van der Waals surface area contributed by atoms with Gasteiger partial charge in [-0.05, 0) is 31.5 Å². The Morgan fingerprint density at radius 1 is 1.27 bits per heavy atom. The van der Waals surface area contributed by atoms with E-state index >= 15 is 0 Å². The molecule has 0 bridgehead atoms. The Labute approximate surface area is 93.7 Å². The van der Waals surface area contributed by atoms with Crippen molar-refractivity contribution < 1.29 is 0 Å². The van der Waals surface area contributed by atoms with Crippen molar-refractivity contribution in [2.24, 2.45) is 5.92 Å². The highest BCUT2D eigenvalue weighted by atomic mass is 15.0. The van der Waals surface area contributed by atoms with Gasteiger partial charge in [0.1, 0.15) is 0 Å². The second kappa shape index (κ2) is 6.67. The highest BCUT2D eigenvalue weighted by molar-refractivity contribution is 5.06. The van der Waals surface area contributed by atoms with Crippen LogP contribution in [0, 0.1) is 5.92 Å². The van der Waals surface area contributed by atoms with Crippen LogP contribution in [0.15, 0.2) is 18.3 Å². The van der Waals surface area contributed by atoms with Crippen LogP contribution in [0.3, 0.4) is 0 Å². The third-order valence-electron chi connectivity index (χ3n) is 3.16. The van der Waals surface area contributed by atoms with Crippen molar-refractivity contribution in [3.63, 3.8) is 0 Å². The van der Waals surface area contributed by atoms with Gasteiger partial charge in [0.05, 0.1) is 0 Å². The van der Waals surface area contributed by atoms with Crippen molar-refractivity contribution in [3.05, 3.63) is 24.0 Å². The van der Waals surface area contributed by atoms with Gasteiger partial charge in [-0.2, -0.15) is 0 Å². The Morgan fingerprint density at radius 3 is 2.60 bits per heavy atom. The first kappa shape index (κ1) is 12.3. The van der Waals surface area contributed by atoms with Crippen LogP contribution >= 0.6 is 0 Å². The van der Waals surface area contributed by atoms with Gasteiger partial charge in [0.25, 0.3) is 0 Å². The largest absolute Gasteiger partial charge is 0.351 e. The molecule has 0 fully saturated rings. The first-order valence-corrected chi connectivity index (χ1v) is 6.16. The van der Waals surface area contributed by atoms with Crippen LogP contribution in [0.2, 0.25) is 0 Å². The molecule has 0 radical (unpaired) electrons. The van der Waals surface area contributed by atoms with Gasteiger partial charge in [-0.25, -0.2) is 0 Å². The van der Waals surface area contributed by atoms with E-state index in [1.165, 1.54) is 18.5 Å². The average molecular weight is 208 g/mol. The molecular formula is C13H24N2. The number of hydrogen-bond donors (Lipinski definition) is 1. The predicted octanol–water partition coefficient (Wildman–Crippen LogP) is 3.03. The summed E-state index contributed by atoms with van der Waals surface area (Å²) in [6, 6.07) is 4.32. The quantitative estimate of drug-likeness (QED) is 0.729. The van der Waals surface area contributed by atoms with Crippen LogP contribution in [-0.2, 0) is 13.1 Å². The Kier molecular flexibility index (Phi) is 5.48. The maximum absolute atomic E-state index is 3.54. The van der Waals surface area contributed by atoms with Gasteiger partial charge in [-0.1, -0.05) is 26.7 Å². The number of nitrogens with zero attached hydrogens (tertiary/aromatic N) is 1. The molecule has 1 aromatic heterocycles. The first-order chi connectivity index (χ1) is 7.31. The summed E-state index contributed by atoms with van der Waals surface area (Å²) in [7, 11) is 0. The standard InChI is InChI=1S/C13H24N2/c1-4-12(5-2)10-14-11-13-8-7-9-15(13)6-3/h7-9,12,14H,4-6,10-11H2,1-3H3. The van der Waals surface area contributed by atoms with Crippen molar-refractivity contribution in [2.45, 2.75) is 46.7 Å². The molecule has 0 aliphatic carbocycles. The Hall–Kier alpha value is -0.760. The molecule has 0 aliphatic heterocycles. The fraction of sp³-hybridized carbons (Fsp3) is 0.692. The van der Waals surface area contributed by atoms with E-state index in [9.17, 15) is 0 Å². The van der Waals surface area contributed by atoms with Crippen LogP contribution in [0.1, 0.15) is 39.3 Å². The van der Waals surface area contributed by atoms with Gasteiger partial charge >= 0.3 is 0 Å². The van der Waals surface area contributed by atoms with Crippen molar-refractivity contribution in [1.29, 1.82) is 0 Å². The molecule has 0 aromatic carbocycles. The monoisotopic (exact) mass is 208 g/mol. The summed E-state index contributed by atoms with van der Waals surface area (Å²) in [6.45, 7) is 9.92. The molecule has 0 aliphatic rings. The molecule has 0 amide bonds. The van der Waals surface area contributed by atoms with Crippen molar-refractivity contribution in [3.8, 4) is 0 Å². The molecule has 1 heterocycles. The Balaban J connectivity index is 2.31. The van der Waals surface area contributed by atoms with Gasteiger partial charge in [0.2, 0.25) is 0 Å². The molecule has 0 saturated carbocycles. The lowest BCUT2D eigenvalue weighted by molar-refractivity contribution is 0.445. The van der Waals surface area contributed by atoms with Gasteiger partial charge in [0, 0.05) is 25.0 Å². The third-order valence-corrected chi connectivity index (χ3v) is 3.16. The zero-order chi connectivity index (χ0) is 11.1. The molecule has 1 N–H and O–H groups in total. The minimum absolute atomic E-state index is 0.829. The molecule has 0 spiro atoms. The summed E-state index contributed by atoms with van der Waals surface area (Å²) in [5, 5.41) is 3.54. The summed E-state index contributed by atoms with van der Waals surface area (Å²) in [5.41, 5.74) is 1.39. The van der Waals surface area contributed by atoms with Crippen molar-refractivity contribution in [2.75, 3.05) is 6.54 Å². The minimum atomic E-state index is 0.829. The van der Waals surface area contributed by atoms with Crippen molar-refractivity contribution in [1.82, 2.24) is 9.88 Å². The predicted molar refractivity (Wildman–Crippen MR) is 65.9 cm³/mol. The van der Waals surface area contributed by atoms with E-state index in [0.29, 0.717) is 0 Å². The highest BCUT2D eigenvalue weighted by Gasteiger charge is 2.03. The zero-order valence-electron chi connectivity index (χ0n) is 10.3. The van der Waals surface area contributed by atoms with E-state index in [1.54, 1.807) is 0 Å². The molecule has 0 atom stereocenters. The van der Waals surface area contributed by atoms with Crippen LogP contribution in [0.5, 0.6) is 0 Å². The van der Waals surface area contributed by atoms with Gasteiger partial charge in [-0.15, -0.1) is 0 Å². The van der Waals surface area contributed by atoms with E-state index in [0.717, 1.165) is 25.6 Å². The van der Waals surface area contributed by atoms with E-state index in [1.807, 2.05) is 0 Å². The van der Waals surface area contributed by atoms with Crippen LogP contribution in [-0.4, -0.2) is 11.1 Å². The van der Waals surface area contributed by atoms with E-state index in [4.69, 9.17) is 0 Å². The Bertz CT molecular complexity index is 261. The summed E-state index contributed by atoms with van der Waals surface area (Å²) >= 11 is 0. The fourth-order valence-electron chi connectivity index (χ4n) is 1.90. The maximum Gasteiger partial charge on any atom is 0.0359 e. The summed E-state index contributed by atoms with van der Waals surface area (Å²) in [4.78, 5) is 0. The topological polar surface area (TPSA) is 17.0 Å². The molecule has 0 saturated heterocycles. The molecule has 86 valence electrons. The lowest BCUT2D eigenvalue weighted by Gasteiger charge is -2.14. The minimum Gasteiger partial charge on any atom is -0.351 e. The number of nitrogens with one attached hydrogen (secondary N) is 1. The van der Waals surface area contributed by atoms with Crippen LogP contribution in [0.25, 0.3) is 0 Å². The first-order valence-electron chi connectivity index (χ1n) is 6.16. The average Bonchev–Trinajstić information content (AvgIpc) is 2.72. The second-order valence-electron chi connectivity index (χ2n) is 4.10. The van der Waals surface area contributed by atoms with Gasteiger partial charge in [-0.3, -0.25) is 0 Å². The lowest BCUT2D eigenvalue weighted by Crippen LogP contribution is -2.22. The van der Waals surface area contributed by atoms with Gasteiger partial charge < -0.3 is 9.88 Å². The number of rotatable bonds is 7. The Morgan fingerprint density at radius 2 is 2.00 bits per heavy atom. The maximum atomic E-state index is 3.54. The zero-order valence-corrected chi connectivity index (χ0v) is 10.3. The molecular weight excluding hydrogens is 184 g/mol. The van der Waals surface area contributed by atoms with Crippen molar-refractivity contribution >= 4 is 0 Å².